The molecule has 0 bridgehead atoms. The topological polar surface area (TPSA) is 115 Å². The predicted octanol–water partition coefficient (Wildman–Crippen LogP) is 2.97. The second-order valence-corrected chi connectivity index (χ2v) is 10.4. The minimum atomic E-state index is -0.786. The van der Waals surface area contributed by atoms with E-state index in [4.69, 9.17) is 9.15 Å². The largest absolute Gasteiger partial charge is 0.458 e. The molecule has 10 nitrogen and oxygen atoms in total. The van der Waals surface area contributed by atoms with Gasteiger partial charge in [-0.1, -0.05) is 6.07 Å². The van der Waals surface area contributed by atoms with E-state index >= 15 is 0 Å². The van der Waals surface area contributed by atoms with E-state index in [0.29, 0.717) is 24.7 Å². The van der Waals surface area contributed by atoms with Gasteiger partial charge in [0.05, 0.1) is 6.10 Å². The number of hydrogen-bond acceptors (Lipinski definition) is 8. The first kappa shape index (κ1) is 24.1. The molecule has 0 aliphatic carbocycles. The zero-order valence-corrected chi connectivity index (χ0v) is 20.7. The molecule has 34 heavy (non-hydrogen) atoms. The van der Waals surface area contributed by atoms with Crippen LogP contribution in [0.4, 0.5) is 0 Å². The maximum absolute atomic E-state index is 13.6. The molecule has 1 aliphatic rings. The number of nitrogens with one attached hydrogen (secondary N) is 1. The highest BCUT2D eigenvalue weighted by Crippen LogP contribution is 2.29. The maximum Gasteiger partial charge on any atom is 0.248 e. The number of aryl methyl sites for hydroxylation is 1. The molecule has 182 valence electrons. The minimum absolute atomic E-state index is 0.126. The molecule has 1 N–H and O–H groups in total. The zero-order chi connectivity index (χ0) is 24.3. The highest BCUT2D eigenvalue weighted by Gasteiger charge is 2.36. The Morgan fingerprint density at radius 2 is 2.15 bits per heavy atom. The second kappa shape index (κ2) is 10.1. The Labute approximate surface area is 202 Å². The Balaban J connectivity index is 1.60. The van der Waals surface area contributed by atoms with Gasteiger partial charge in [-0.05, 0) is 69.3 Å². The molecule has 0 saturated carbocycles. The van der Waals surface area contributed by atoms with Crippen molar-refractivity contribution in [1.82, 2.24) is 30.4 Å². The summed E-state index contributed by atoms with van der Waals surface area (Å²) in [5.41, 5.74) is -0.450. The first-order valence-corrected chi connectivity index (χ1v) is 12.2. The van der Waals surface area contributed by atoms with Gasteiger partial charge in [0.15, 0.2) is 5.76 Å². The van der Waals surface area contributed by atoms with E-state index in [0.717, 1.165) is 23.5 Å². The molecule has 0 aromatic carbocycles. The van der Waals surface area contributed by atoms with Crippen LogP contribution in [-0.2, 0) is 20.9 Å². The van der Waals surface area contributed by atoms with Crippen LogP contribution in [0.2, 0.25) is 0 Å². The van der Waals surface area contributed by atoms with E-state index in [-0.39, 0.29) is 24.5 Å². The van der Waals surface area contributed by atoms with Crippen molar-refractivity contribution in [3.05, 3.63) is 40.3 Å². The number of aromatic nitrogens is 4. The number of nitrogens with zero attached hydrogens (tertiary/aromatic N) is 5. The van der Waals surface area contributed by atoms with Crippen molar-refractivity contribution in [2.75, 3.05) is 13.2 Å². The summed E-state index contributed by atoms with van der Waals surface area (Å²) in [6.45, 7) is 8.37. The smallest absolute Gasteiger partial charge is 0.248 e. The quantitative estimate of drug-likeness (QED) is 0.520. The van der Waals surface area contributed by atoms with Crippen LogP contribution >= 0.6 is 11.3 Å². The predicted molar refractivity (Wildman–Crippen MR) is 126 cm³/mol. The first-order valence-electron chi connectivity index (χ1n) is 11.3. The van der Waals surface area contributed by atoms with E-state index in [2.05, 4.69) is 20.7 Å². The fraction of sp³-hybridized carbons (Fsp3) is 0.522. The van der Waals surface area contributed by atoms with Gasteiger partial charge in [-0.15, -0.1) is 21.5 Å². The first-order chi connectivity index (χ1) is 16.2. The summed E-state index contributed by atoms with van der Waals surface area (Å²) < 4.78 is 11.4. The number of hydrogen-bond donors (Lipinski definition) is 1. The Morgan fingerprint density at radius 1 is 1.32 bits per heavy atom. The lowest BCUT2D eigenvalue weighted by molar-refractivity contribution is -0.144. The van der Waals surface area contributed by atoms with Gasteiger partial charge >= 0.3 is 0 Å². The van der Waals surface area contributed by atoms with Crippen LogP contribution in [0.5, 0.6) is 0 Å². The number of amides is 2. The summed E-state index contributed by atoms with van der Waals surface area (Å²) in [5, 5.41) is 17.3. The Morgan fingerprint density at radius 3 is 2.76 bits per heavy atom. The second-order valence-electron chi connectivity index (χ2n) is 9.39. The van der Waals surface area contributed by atoms with Gasteiger partial charge in [0.25, 0.3) is 0 Å². The molecule has 3 aromatic heterocycles. The van der Waals surface area contributed by atoms with Gasteiger partial charge in [-0.25, -0.2) is 0 Å². The van der Waals surface area contributed by atoms with E-state index in [9.17, 15) is 9.59 Å². The van der Waals surface area contributed by atoms with Gasteiger partial charge < -0.3 is 19.4 Å². The molecule has 3 aromatic rings. The zero-order valence-electron chi connectivity index (χ0n) is 19.9. The summed E-state index contributed by atoms with van der Waals surface area (Å²) in [6, 6.07) is 6.53. The molecule has 1 saturated heterocycles. The van der Waals surface area contributed by atoms with Crippen LogP contribution in [0.25, 0.3) is 11.6 Å². The molecule has 2 amide bonds. The third-order valence-corrected chi connectivity index (χ3v) is 6.23. The van der Waals surface area contributed by atoms with E-state index < -0.39 is 11.6 Å². The van der Waals surface area contributed by atoms with Crippen molar-refractivity contribution in [3.63, 3.8) is 0 Å². The van der Waals surface area contributed by atoms with Gasteiger partial charge in [0.2, 0.25) is 17.6 Å². The van der Waals surface area contributed by atoms with Gasteiger partial charge in [0.1, 0.15) is 18.3 Å². The van der Waals surface area contributed by atoms with E-state index in [1.54, 1.807) is 11.0 Å². The van der Waals surface area contributed by atoms with Crippen LogP contribution in [-0.4, -0.2) is 61.7 Å². The van der Waals surface area contributed by atoms with Crippen LogP contribution in [0.3, 0.4) is 0 Å². The van der Waals surface area contributed by atoms with Crippen molar-refractivity contribution in [1.29, 1.82) is 0 Å². The van der Waals surface area contributed by atoms with E-state index in [1.165, 1.54) is 16.1 Å². The molecular weight excluding hydrogens is 456 g/mol. The summed E-state index contributed by atoms with van der Waals surface area (Å²) in [6.07, 6.45) is 1.64. The lowest BCUT2D eigenvalue weighted by atomic mass is 10.1. The summed E-state index contributed by atoms with van der Waals surface area (Å²) in [4.78, 5) is 30.6. The fourth-order valence-corrected chi connectivity index (χ4v) is 4.68. The molecule has 2 atom stereocenters. The number of ether oxygens (including phenoxy) is 1. The third-order valence-electron chi connectivity index (χ3n) is 5.31. The van der Waals surface area contributed by atoms with Crippen molar-refractivity contribution in [2.45, 2.75) is 64.8 Å². The standard InChI is InChI=1S/C23H30N6O4S/c1-15-9-10-17(33-15)21-25-27-29(26-21)14-19(30)28(13-16-7-5-11-32-16)20(18-8-6-12-34-18)22(31)24-23(2,3)4/h6,8-10,12,16,20H,5,7,11,13-14H2,1-4H3,(H,24,31)/t16-,20+/m1/s1. The molecule has 0 spiro atoms. The summed E-state index contributed by atoms with van der Waals surface area (Å²) >= 11 is 1.44. The maximum atomic E-state index is 13.6. The number of thiophene rings is 1. The van der Waals surface area contributed by atoms with Crippen LogP contribution in [0, 0.1) is 6.92 Å². The number of carbonyl (C=O) groups is 2. The third kappa shape index (κ3) is 5.89. The molecule has 1 fully saturated rings. The van der Waals surface area contributed by atoms with Gasteiger partial charge in [-0.2, -0.15) is 4.80 Å². The average Bonchev–Trinajstić information content (AvgIpc) is 3.55. The molecule has 11 heteroatoms. The minimum Gasteiger partial charge on any atom is -0.458 e. The number of furan rings is 1. The van der Waals surface area contributed by atoms with Crippen LogP contribution in [0.1, 0.15) is 50.3 Å². The molecule has 0 radical (unpaired) electrons. The lowest BCUT2D eigenvalue weighted by Crippen LogP contribution is -2.51. The highest BCUT2D eigenvalue weighted by molar-refractivity contribution is 7.10. The molecule has 0 unspecified atom stereocenters. The Hall–Kier alpha value is -3.05. The molecular formula is C23H30N6O4S. The summed E-state index contributed by atoms with van der Waals surface area (Å²) in [7, 11) is 0. The lowest BCUT2D eigenvalue weighted by Gasteiger charge is -2.34. The van der Waals surface area contributed by atoms with Crippen molar-refractivity contribution < 1.29 is 18.7 Å². The van der Waals surface area contributed by atoms with Crippen molar-refractivity contribution >= 4 is 23.2 Å². The highest BCUT2D eigenvalue weighted by atomic mass is 32.1. The van der Waals surface area contributed by atoms with Crippen molar-refractivity contribution in [3.8, 4) is 11.6 Å². The number of tetrazole rings is 1. The van der Waals surface area contributed by atoms with Crippen LogP contribution in [0.15, 0.2) is 34.1 Å². The average molecular weight is 487 g/mol. The fourth-order valence-electron chi connectivity index (χ4n) is 3.84. The van der Waals surface area contributed by atoms with Crippen molar-refractivity contribution in [2.24, 2.45) is 0 Å². The Kier molecular flexibility index (Phi) is 7.13. The summed E-state index contributed by atoms with van der Waals surface area (Å²) in [5.74, 6) is 0.978. The van der Waals surface area contributed by atoms with Crippen LogP contribution < -0.4 is 5.32 Å². The number of carbonyl (C=O) groups excluding carboxylic acids is 2. The molecule has 1 aliphatic heterocycles. The normalized spacial score (nSPS) is 17.0. The van der Waals surface area contributed by atoms with E-state index in [1.807, 2.05) is 51.3 Å². The monoisotopic (exact) mass is 486 g/mol. The molecule has 4 heterocycles. The van der Waals surface area contributed by atoms with Gasteiger partial charge in [-0.3, -0.25) is 9.59 Å². The van der Waals surface area contributed by atoms with Gasteiger partial charge in [0, 0.05) is 23.6 Å². The number of rotatable bonds is 8. The SMILES string of the molecule is Cc1ccc(-c2nnn(CC(=O)N(C[C@H]3CCCO3)[C@H](C(=O)NC(C)(C)C)c3cccs3)n2)o1. The molecule has 4 rings (SSSR count). The Bertz CT molecular complexity index is 1110.